The molecule has 0 spiro atoms. The van der Waals surface area contributed by atoms with Gasteiger partial charge in [-0.2, -0.15) is 0 Å². The molecule has 1 heterocycles. The number of carbonyl (C=O) groups excluding carboxylic acids is 1. The van der Waals surface area contributed by atoms with Crippen molar-refractivity contribution in [1.29, 1.82) is 0 Å². The molecular formula is C12H11NO2. The van der Waals surface area contributed by atoms with E-state index >= 15 is 0 Å². The number of esters is 1. The molecule has 0 aliphatic carbocycles. The van der Waals surface area contributed by atoms with Crippen molar-refractivity contribution in [2.75, 3.05) is 0 Å². The second-order valence-corrected chi connectivity index (χ2v) is 2.98. The highest BCUT2D eigenvalue weighted by atomic mass is 16.5. The lowest BCUT2D eigenvalue weighted by atomic mass is 10.2. The topological polar surface area (TPSA) is 39.2 Å². The fourth-order valence-electron chi connectivity index (χ4n) is 0.808. The molecular weight excluding hydrogens is 190 g/mol. The minimum atomic E-state index is -0.489. The number of pyridine rings is 1. The quantitative estimate of drug-likeness (QED) is 0.415. The largest absolute Gasteiger partial charge is 0.369 e. The van der Waals surface area contributed by atoms with E-state index in [1.165, 1.54) is 0 Å². The Balaban J connectivity index is 2.41. The van der Waals surface area contributed by atoms with Gasteiger partial charge in [0.05, 0.1) is 0 Å². The molecule has 1 rings (SSSR count). The molecule has 0 unspecified atom stereocenters. The summed E-state index contributed by atoms with van der Waals surface area (Å²) in [6.45, 7) is 5.02. The third-order valence-corrected chi connectivity index (χ3v) is 1.61. The van der Waals surface area contributed by atoms with Crippen LogP contribution in [0.4, 0.5) is 0 Å². The van der Waals surface area contributed by atoms with Crippen LogP contribution in [0.15, 0.2) is 36.7 Å². The molecule has 0 radical (unpaired) electrons. The van der Waals surface area contributed by atoms with Crippen molar-refractivity contribution in [3.8, 4) is 12.0 Å². The van der Waals surface area contributed by atoms with Crippen molar-refractivity contribution in [1.82, 2.24) is 4.98 Å². The van der Waals surface area contributed by atoms with Crippen LogP contribution in [0.5, 0.6) is 0 Å². The van der Waals surface area contributed by atoms with Gasteiger partial charge >= 0.3 is 5.97 Å². The molecule has 0 N–H and O–H groups in total. The first-order chi connectivity index (χ1) is 7.20. The van der Waals surface area contributed by atoms with Crippen molar-refractivity contribution >= 4 is 5.97 Å². The summed E-state index contributed by atoms with van der Waals surface area (Å²) in [6.07, 6.45) is 6.25. The molecule has 0 bridgehead atoms. The first-order valence-electron chi connectivity index (χ1n) is 4.43. The molecule has 0 saturated heterocycles. The summed E-state index contributed by atoms with van der Waals surface area (Å²) in [7, 11) is 0. The predicted octanol–water partition coefficient (Wildman–Crippen LogP) is 1.70. The maximum Gasteiger partial charge on any atom is 0.347 e. The van der Waals surface area contributed by atoms with Crippen LogP contribution in [0.3, 0.4) is 0 Å². The highest BCUT2D eigenvalue weighted by Crippen LogP contribution is 1.96. The van der Waals surface area contributed by atoms with Crippen LogP contribution in [-0.2, 0) is 16.0 Å². The van der Waals surface area contributed by atoms with E-state index in [9.17, 15) is 4.79 Å². The van der Waals surface area contributed by atoms with Gasteiger partial charge in [0.15, 0.2) is 0 Å². The summed E-state index contributed by atoms with van der Waals surface area (Å²) in [6, 6.07) is 3.71. The minimum Gasteiger partial charge on any atom is -0.369 e. The molecule has 0 aromatic carbocycles. The van der Waals surface area contributed by atoms with Gasteiger partial charge in [0.1, 0.15) is 6.11 Å². The lowest BCUT2D eigenvalue weighted by molar-refractivity contribution is -0.132. The Bertz CT molecular complexity index is 412. The summed E-state index contributed by atoms with van der Waals surface area (Å²) in [5.41, 5.74) is 1.37. The van der Waals surface area contributed by atoms with E-state index in [0.717, 1.165) is 5.56 Å². The molecule has 3 nitrogen and oxygen atoms in total. The van der Waals surface area contributed by atoms with Crippen molar-refractivity contribution in [3.63, 3.8) is 0 Å². The van der Waals surface area contributed by atoms with Gasteiger partial charge in [-0.15, -0.1) is 0 Å². The highest BCUT2D eigenvalue weighted by Gasteiger charge is 1.99. The lowest BCUT2D eigenvalue weighted by Gasteiger charge is -1.92. The van der Waals surface area contributed by atoms with Crippen LogP contribution in [-0.4, -0.2) is 11.0 Å². The molecule has 3 heteroatoms. The summed E-state index contributed by atoms with van der Waals surface area (Å²) >= 11 is 0. The molecule has 0 saturated carbocycles. The number of hydrogen-bond acceptors (Lipinski definition) is 3. The SMILES string of the molecule is C=C(C)C(=O)OC#CCc1ccncc1. The zero-order valence-corrected chi connectivity index (χ0v) is 8.49. The normalized spacial score (nSPS) is 8.60. The predicted molar refractivity (Wildman–Crippen MR) is 56.6 cm³/mol. The Morgan fingerprint density at radius 1 is 1.53 bits per heavy atom. The third kappa shape index (κ3) is 4.10. The van der Waals surface area contributed by atoms with Crippen LogP contribution in [0, 0.1) is 12.0 Å². The summed E-state index contributed by atoms with van der Waals surface area (Å²) in [5, 5.41) is 0. The number of carbonyl (C=O) groups is 1. The van der Waals surface area contributed by atoms with E-state index in [0.29, 0.717) is 12.0 Å². The van der Waals surface area contributed by atoms with E-state index in [4.69, 9.17) is 0 Å². The Morgan fingerprint density at radius 2 is 2.20 bits per heavy atom. The minimum absolute atomic E-state index is 0.341. The third-order valence-electron chi connectivity index (χ3n) is 1.61. The zero-order chi connectivity index (χ0) is 11.1. The molecule has 1 aromatic heterocycles. The molecule has 0 amide bonds. The lowest BCUT2D eigenvalue weighted by Crippen LogP contribution is -1.99. The zero-order valence-electron chi connectivity index (χ0n) is 8.49. The van der Waals surface area contributed by atoms with E-state index in [-0.39, 0.29) is 0 Å². The van der Waals surface area contributed by atoms with Gasteiger partial charge in [-0.1, -0.05) is 12.5 Å². The average Bonchev–Trinajstić information content (AvgIpc) is 2.25. The smallest absolute Gasteiger partial charge is 0.347 e. The Labute approximate surface area is 88.8 Å². The standard InChI is InChI=1S/C12H11NO2/c1-10(2)12(14)15-9-3-4-11-5-7-13-8-6-11/h5-8H,1,4H2,2H3. The van der Waals surface area contributed by atoms with Gasteiger partial charge in [-0.3, -0.25) is 4.98 Å². The molecule has 0 aliphatic rings. The number of rotatable bonds is 2. The van der Waals surface area contributed by atoms with Crippen LogP contribution in [0.2, 0.25) is 0 Å². The summed E-state index contributed by atoms with van der Waals surface area (Å²) in [5.74, 6) is 2.24. The fraction of sp³-hybridized carbons (Fsp3) is 0.167. The molecule has 0 aliphatic heterocycles. The van der Waals surface area contributed by atoms with Gasteiger partial charge in [0.2, 0.25) is 0 Å². The highest BCUT2D eigenvalue weighted by molar-refractivity contribution is 5.87. The first-order valence-corrected chi connectivity index (χ1v) is 4.43. The van der Waals surface area contributed by atoms with Crippen LogP contribution < -0.4 is 0 Å². The monoisotopic (exact) mass is 201 g/mol. The van der Waals surface area contributed by atoms with Gasteiger partial charge in [-0.25, -0.2) is 4.79 Å². The van der Waals surface area contributed by atoms with Crippen molar-refractivity contribution in [2.24, 2.45) is 0 Å². The number of nitrogens with zero attached hydrogens (tertiary/aromatic N) is 1. The van der Waals surface area contributed by atoms with Crippen molar-refractivity contribution in [3.05, 3.63) is 42.2 Å². The molecule has 0 fully saturated rings. The molecule has 76 valence electrons. The van der Waals surface area contributed by atoms with E-state index in [1.807, 2.05) is 12.1 Å². The number of ether oxygens (including phenoxy) is 1. The molecule has 15 heavy (non-hydrogen) atoms. The molecule has 1 aromatic rings. The maximum absolute atomic E-state index is 10.9. The van der Waals surface area contributed by atoms with Crippen molar-refractivity contribution < 1.29 is 9.53 Å². The Hall–Kier alpha value is -2.08. The summed E-state index contributed by atoms with van der Waals surface area (Å²) < 4.78 is 4.61. The van der Waals surface area contributed by atoms with Crippen LogP contribution >= 0.6 is 0 Å². The Kier molecular flexibility index (Phi) is 4.11. The Morgan fingerprint density at radius 3 is 2.80 bits per heavy atom. The van der Waals surface area contributed by atoms with Gasteiger partial charge < -0.3 is 4.74 Å². The first kappa shape index (κ1) is 11.0. The van der Waals surface area contributed by atoms with Crippen LogP contribution in [0.25, 0.3) is 0 Å². The van der Waals surface area contributed by atoms with Gasteiger partial charge in [-0.05, 0) is 24.6 Å². The van der Waals surface area contributed by atoms with E-state index < -0.39 is 5.97 Å². The van der Waals surface area contributed by atoms with Crippen molar-refractivity contribution in [2.45, 2.75) is 13.3 Å². The molecule has 0 atom stereocenters. The van der Waals surface area contributed by atoms with E-state index in [2.05, 4.69) is 28.3 Å². The van der Waals surface area contributed by atoms with Crippen LogP contribution in [0.1, 0.15) is 12.5 Å². The summed E-state index contributed by atoms with van der Waals surface area (Å²) in [4.78, 5) is 14.8. The average molecular weight is 201 g/mol. The second kappa shape index (κ2) is 5.61. The number of aromatic nitrogens is 1. The van der Waals surface area contributed by atoms with Gasteiger partial charge in [0, 0.05) is 24.4 Å². The number of hydrogen-bond donors (Lipinski definition) is 0. The van der Waals surface area contributed by atoms with Gasteiger partial charge in [0.25, 0.3) is 0 Å². The van der Waals surface area contributed by atoms with E-state index in [1.54, 1.807) is 19.3 Å². The maximum atomic E-state index is 10.9. The fourth-order valence-corrected chi connectivity index (χ4v) is 0.808. The second-order valence-electron chi connectivity index (χ2n) is 2.98.